The third kappa shape index (κ3) is 4.60. The van der Waals surface area contributed by atoms with E-state index in [0.29, 0.717) is 5.69 Å². The summed E-state index contributed by atoms with van der Waals surface area (Å²) < 4.78 is 0. The van der Waals surface area contributed by atoms with E-state index in [9.17, 15) is 9.59 Å². The molecule has 0 heterocycles. The Hall–Kier alpha value is -1.95. The molecule has 4 N–H and O–H groups in total. The topological polar surface area (TPSA) is 84.2 Å². The molecular weight excluding hydrogens is 238 g/mol. The van der Waals surface area contributed by atoms with Gasteiger partial charge in [0.05, 0.1) is 11.5 Å². The summed E-state index contributed by atoms with van der Waals surface area (Å²) in [6.07, 6.45) is 0. The van der Waals surface area contributed by atoms with Crippen molar-refractivity contribution in [3.63, 3.8) is 0 Å². The number of hydrogen-bond donors (Lipinski definition) is 3. The lowest BCUT2D eigenvalue weighted by molar-refractivity contribution is -0.135. The van der Waals surface area contributed by atoms with E-state index in [-0.39, 0.29) is 11.5 Å². The molecule has 0 fully saturated rings. The Balaban J connectivity index is 2.51. The van der Waals surface area contributed by atoms with Crippen LogP contribution >= 0.6 is 12.2 Å². The van der Waals surface area contributed by atoms with Crippen LogP contribution < -0.4 is 16.4 Å². The van der Waals surface area contributed by atoms with Gasteiger partial charge in [-0.2, -0.15) is 0 Å². The van der Waals surface area contributed by atoms with Crippen LogP contribution in [0, 0.1) is 6.92 Å². The van der Waals surface area contributed by atoms with E-state index in [1.165, 1.54) is 0 Å². The summed E-state index contributed by atoms with van der Waals surface area (Å²) >= 11 is 4.58. The zero-order chi connectivity index (χ0) is 12.8. The van der Waals surface area contributed by atoms with Crippen LogP contribution in [0.4, 0.5) is 5.69 Å². The van der Waals surface area contributed by atoms with E-state index in [4.69, 9.17) is 5.73 Å². The molecule has 0 spiro atoms. The van der Waals surface area contributed by atoms with Crippen LogP contribution in [0.15, 0.2) is 24.3 Å². The summed E-state index contributed by atoms with van der Waals surface area (Å²) in [5.41, 5.74) is 6.83. The first-order chi connectivity index (χ1) is 7.99. The third-order valence-corrected chi connectivity index (χ3v) is 2.08. The normalized spacial score (nSPS) is 9.47. The molecule has 2 amide bonds. The lowest BCUT2D eigenvalue weighted by atomic mass is 10.2. The fourth-order valence-electron chi connectivity index (χ4n) is 1.07. The van der Waals surface area contributed by atoms with Gasteiger partial charge in [0.25, 0.3) is 0 Å². The minimum atomic E-state index is -0.765. The van der Waals surface area contributed by atoms with E-state index >= 15 is 0 Å². The number of nitrogens with one attached hydrogen (secondary N) is 2. The van der Waals surface area contributed by atoms with Gasteiger partial charge in [-0.1, -0.05) is 29.9 Å². The molecule has 1 rings (SSSR count). The maximum absolute atomic E-state index is 11.4. The average molecular weight is 251 g/mol. The van der Waals surface area contributed by atoms with Crippen LogP contribution in [-0.2, 0) is 9.59 Å². The van der Waals surface area contributed by atoms with Crippen molar-refractivity contribution >= 4 is 34.7 Å². The van der Waals surface area contributed by atoms with Gasteiger partial charge in [0.2, 0.25) is 0 Å². The second-order valence-electron chi connectivity index (χ2n) is 3.47. The average Bonchev–Trinajstić information content (AvgIpc) is 2.28. The van der Waals surface area contributed by atoms with Crippen molar-refractivity contribution in [3.8, 4) is 0 Å². The lowest BCUT2D eigenvalue weighted by Crippen LogP contribution is -2.39. The summed E-state index contributed by atoms with van der Waals surface area (Å²) in [6.45, 7) is 1.94. The molecular formula is C11H13N3O2S. The number of carbonyl (C=O) groups excluding carboxylic acids is 2. The van der Waals surface area contributed by atoms with Gasteiger partial charge in [-0.05, 0) is 19.1 Å². The predicted molar refractivity (Wildman–Crippen MR) is 69.6 cm³/mol. The van der Waals surface area contributed by atoms with Crippen LogP contribution in [0.5, 0.6) is 0 Å². The maximum atomic E-state index is 11.4. The smallest absolute Gasteiger partial charge is 0.313 e. The van der Waals surface area contributed by atoms with Crippen molar-refractivity contribution in [2.75, 3.05) is 11.9 Å². The lowest BCUT2D eigenvalue weighted by Gasteiger charge is -2.05. The highest BCUT2D eigenvalue weighted by atomic mass is 32.1. The van der Waals surface area contributed by atoms with E-state index in [1.807, 2.05) is 19.1 Å². The maximum Gasteiger partial charge on any atom is 0.313 e. The standard InChI is InChI=1S/C11H13N3O2S/c1-7-2-4-8(5-3-7)14-11(16)10(15)13-6-9(12)17/h2-5H,6H2,1H3,(H2,12,17)(H,13,15)(H,14,16). The van der Waals surface area contributed by atoms with E-state index < -0.39 is 11.8 Å². The number of carbonyl (C=O) groups is 2. The second kappa shape index (κ2) is 5.95. The van der Waals surface area contributed by atoms with E-state index in [0.717, 1.165) is 5.56 Å². The van der Waals surface area contributed by atoms with Gasteiger partial charge < -0.3 is 16.4 Å². The van der Waals surface area contributed by atoms with E-state index in [2.05, 4.69) is 22.9 Å². The van der Waals surface area contributed by atoms with Crippen molar-refractivity contribution in [1.29, 1.82) is 0 Å². The minimum Gasteiger partial charge on any atom is -0.392 e. The number of hydrogen-bond acceptors (Lipinski definition) is 3. The van der Waals surface area contributed by atoms with E-state index in [1.54, 1.807) is 12.1 Å². The molecule has 0 saturated heterocycles. The summed E-state index contributed by atoms with van der Waals surface area (Å²) in [7, 11) is 0. The predicted octanol–water partition coefficient (Wildman–Crippen LogP) is 0.336. The monoisotopic (exact) mass is 251 g/mol. The van der Waals surface area contributed by atoms with Gasteiger partial charge in [0, 0.05) is 5.69 Å². The largest absolute Gasteiger partial charge is 0.392 e. The zero-order valence-electron chi connectivity index (χ0n) is 9.32. The molecule has 17 heavy (non-hydrogen) atoms. The fourth-order valence-corrected chi connectivity index (χ4v) is 1.14. The number of rotatable bonds is 3. The number of aryl methyl sites for hydroxylation is 1. The first-order valence-electron chi connectivity index (χ1n) is 4.93. The highest BCUT2D eigenvalue weighted by molar-refractivity contribution is 7.80. The summed E-state index contributed by atoms with van der Waals surface area (Å²) in [5.74, 6) is -1.51. The molecule has 0 saturated carbocycles. The molecule has 1 aromatic carbocycles. The highest BCUT2D eigenvalue weighted by Crippen LogP contribution is 2.07. The Kier molecular flexibility index (Phi) is 4.59. The molecule has 6 heteroatoms. The molecule has 0 bridgehead atoms. The molecule has 5 nitrogen and oxygen atoms in total. The molecule has 0 aliphatic rings. The molecule has 1 aromatic rings. The van der Waals surface area contributed by atoms with Gasteiger partial charge in [0.15, 0.2) is 0 Å². The number of amides is 2. The van der Waals surface area contributed by atoms with Crippen molar-refractivity contribution in [3.05, 3.63) is 29.8 Å². The molecule has 0 radical (unpaired) electrons. The van der Waals surface area contributed by atoms with Crippen LogP contribution in [0.3, 0.4) is 0 Å². The quantitative estimate of drug-likeness (QED) is 0.534. The van der Waals surface area contributed by atoms with Crippen molar-refractivity contribution in [2.24, 2.45) is 5.73 Å². The van der Waals surface area contributed by atoms with Crippen LogP contribution in [0.1, 0.15) is 5.56 Å². The van der Waals surface area contributed by atoms with Gasteiger partial charge in [-0.25, -0.2) is 0 Å². The number of nitrogens with two attached hydrogens (primary N) is 1. The molecule has 0 unspecified atom stereocenters. The van der Waals surface area contributed by atoms with Gasteiger partial charge in [-0.3, -0.25) is 9.59 Å². The molecule has 90 valence electrons. The van der Waals surface area contributed by atoms with Crippen LogP contribution in [0.25, 0.3) is 0 Å². The zero-order valence-corrected chi connectivity index (χ0v) is 10.1. The first kappa shape index (κ1) is 13.1. The van der Waals surface area contributed by atoms with Crippen molar-refractivity contribution < 1.29 is 9.59 Å². The fraction of sp³-hybridized carbons (Fsp3) is 0.182. The van der Waals surface area contributed by atoms with Crippen LogP contribution in [-0.4, -0.2) is 23.3 Å². The Morgan fingerprint density at radius 2 is 1.82 bits per heavy atom. The SMILES string of the molecule is Cc1ccc(NC(=O)C(=O)NCC(N)=S)cc1. The number of anilines is 1. The minimum absolute atomic E-state index is 0.00941. The Morgan fingerprint density at radius 1 is 1.24 bits per heavy atom. The highest BCUT2D eigenvalue weighted by Gasteiger charge is 2.12. The van der Waals surface area contributed by atoms with Gasteiger partial charge in [0.1, 0.15) is 0 Å². The Morgan fingerprint density at radius 3 is 2.35 bits per heavy atom. The molecule has 0 aliphatic heterocycles. The van der Waals surface area contributed by atoms with Gasteiger partial charge >= 0.3 is 11.8 Å². The first-order valence-corrected chi connectivity index (χ1v) is 5.34. The van der Waals surface area contributed by atoms with Crippen molar-refractivity contribution in [1.82, 2.24) is 5.32 Å². The van der Waals surface area contributed by atoms with Gasteiger partial charge in [-0.15, -0.1) is 0 Å². The molecule has 0 aromatic heterocycles. The van der Waals surface area contributed by atoms with Crippen molar-refractivity contribution in [2.45, 2.75) is 6.92 Å². The Labute approximate surface area is 104 Å². The number of benzene rings is 1. The Bertz CT molecular complexity index is 443. The second-order valence-corrected chi connectivity index (χ2v) is 3.99. The summed E-state index contributed by atoms with van der Waals surface area (Å²) in [6, 6.07) is 7.10. The summed E-state index contributed by atoms with van der Waals surface area (Å²) in [5, 5.41) is 4.75. The summed E-state index contributed by atoms with van der Waals surface area (Å²) in [4.78, 5) is 22.8. The third-order valence-electron chi connectivity index (χ3n) is 1.94. The molecule has 0 atom stereocenters. The number of thiocarbonyl (C=S) groups is 1. The molecule has 0 aliphatic carbocycles. The van der Waals surface area contributed by atoms with Crippen LogP contribution in [0.2, 0.25) is 0 Å².